The van der Waals surface area contributed by atoms with E-state index < -0.39 is 5.97 Å². The zero-order valence-electron chi connectivity index (χ0n) is 11.5. The van der Waals surface area contributed by atoms with Gasteiger partial charge >= 0.3 is 5.97 Å². The van der Waals surface area contributed by atoms with Gasteiger partial charge in [-0.3, -0.25) is 4.98 Å². The van der Waals surface area contributed by atoms with Crippen LogP contribution in [0.2, 0.25) is 0 Å². The molecule has 5 nitrogen and oxygen atoms in total. The number of rotatable bonds is 8. The number of carboxylic acids is 1. The average molecular weight is 266 g/mol. The molecule has 1 aromatic rings. The van der Waals surface area contributed by atoms with Crippen LogP contribution < -0.4 is 5.32 Å². The number of aromatic carboxylic acids is 1. The van der Waals surface area contributed by atoms with E-state index in [4.69, 9.17) is 10.2 Å². The van der Waals surface area contributed by atoms with Crippen LogP contribution in [0.25, 0.3) is 0 Å². The molecule has 0 amide bonds. The third-order valence-electron chi connectivity index (χ3n) is 3.03. The smallest absolute Gasteiger partial charge is 0.337 e. The largest absolute Gasteiger partial charge is 0.478 e. The van der Waals surface area contributed by atoms with E-state index >= 15 is 0 Å². The minimum Gasteiger partial charge on any atom is -0.478 e. The number of carboxylic acid groups (broad SMARTS) is 1. The summed E-state index contributed by atoms with van der Waals surface area (Å²) in [5.41, 5.74) is 0.858. The lowest BCUT2D eigenvalue weighted by atomic mass is 9.88. The number of aliphatic hydroxyl groups excluding tert-OH is 1. The number of hydrogen-bond donors (Lipinski definition) is 3. The first-order chi connectivity index (χ1) is 8.96. The minimum atomic E-state index is -0.954. The van der Waals surface area contributed by atoms with E-state index in [0.717, 1.165) is 19.4 Å². The Balaban J connectivity index is 2.51. The molecule has 0 aromatic carbocycles. The van der Waals surface area contributed by atoms with Crippen molar-refractivity contribution < 1.29 is 15.0 Å². The molecule has 1 rings (SSSR count). The van der Waals surface area contributed by atoms with Gasteiger partial charge in [0.15, 0.2) is 0 Å². The molecule has 1 aromatic heterocycles. The van der Waals surface area contributed by atoms with Gasteiger partial charge in [-0.25, -0.2) is 4.79 Å². The fraction of sp³-hybridized carbons (Fsp3) is 0.571. The molecule has 0 saturated heterocycles. The van der Waals surface area contributed by atoms with Crippen LogP contribution in [0.3, 0.4) is 0 Å². The summed E-state index contributed by atoms with van der Waals surface area (Å²) in [7, 11) is 0. The lowest BCUT2D eigenvalue weighted by Gasteiger charge is -2.24. The lowest BCUT2D eigenvalue weighted by Crippen LogP contribution is -2.30. The molecular formula is C14H22N2O3. The molecule has 0 aliphatic rings. The average Bonchev–Trinajstić information content (AvgIpc) is 2.36. The number of nitrogens with zero attached hydrogens (tertiary/aromatic N) is 1. The van der Waals surface area contributed by atoms with Crippen molar-refractivity contribution in [2.24, 2.45) is 5.41 Å². The number of nitrogens with one attached hydrogen (secondary N) is 1. The molecule has 0 spiro atoms. The molecule has 0 atom stereocenters. The highest BCUT2D eigenvalue weighted by molar-refractivity contribution is 5.88. The normalized spacial score (nSPS) is 11.5. The Morgan fingerprint density at radius 3 is 2.84 bits per heavy atom. The summed E-state index contributed by atoms with van der Waals surface area (Å²) >= 11 is 0. The minimum absolute atomic E-state index is 0.0703. The second-order valence-corrected chi connectivity index (χ2v) is 5.40. The zero-order chi connectivity index (χ0) is 14.3. The molecule has 0 unspecified atom stereocenters. The second kappa shape index (κ2) is 7.21. The highest BCUT2D eigenvalue weighted by Crippen LogP contribution is 2.20. The van der Waals surface area contributed by atoms with Gasteiger partial charge in [0.05, 0.1) is 11.3 Å². The van der Waals surface area contributed by atoms with Gasteiger partial charge in [0.2, 0.25) is 0 Å². The van der Waals surface area contributed by atoms with Crippen molar-refractivity contribution in [1.29, 1.82) is 0 Å². The Labute approximate surface area is 113 Å². The van der Waals surface area contributed by atoms with Gasteiger partial charge in [0, 0.05) is 25.9 Å². The van der Waals surface area contributed by atoms with E-state index in [0.29, 0.717) is 12.2 Å². The standard InChI is InChI=1S/C14H22N2O3/c1-14(2,6-4-8-17)10-15-9-12-11(13(18)19)5-3-7-16-12/h3,5,7,15,17H,4,6,8-10H2,1-2H3,(H,18,19). The van der Waals surface area contributed by atoms with E-state index in [2.05, 4.69) is 24.1 Å². The molecule has 0 fully saturated rings. The molecule has 0 aliphatic heterocycles. The van der Waals surface area contributed by atoms with E-state index in [1.165, 1.54) is 0 Å². The molecule has 1 heterocycles. The number of pyridine rings is 1. The zero-order valence-corrected chi connectivity index (χ0v) is 11.5. The van der Waals surface area contributed by atoms with Crippen LogP contribution in [0.5, 0.6) is 0 Å². The first-order valence-corrected chi connectivity index (χ1v) is 6.45. The van der Waals surface area contributed by atoms with Crippen molar-refractivity contribution in [3.05, 3.63) is 29.6 Å². The topological polar surface area (TPSA) is 82.5 Å². The molecule has 19 heavy (non-hydrogen) atoms. The van der Waals surface area contributed by atoms with Crippen LogP contribution in [0.4, 0.5) is 0 Å². The number of carbonyl (C=O) groups is 1. The summed E-state index contributed by atoms with van der Waals surface area (Å²) in [6.07, 6.45) is 3.30. The van der Waals surface area contributed by atoms with Crippen molar-refractivity contribution in [1.82, 2.24) is 10.3 Å². The monoisotopic (exact) mass is 266 g/mol. The molecule has 5 heteroatoms. The quantitative estimate of drug-likeness (QED) is 0.666. The van der Waals surface area contributed by atoms with Gasteiger partial charge in [-0.1, -0.05) is 13.8 Å². The summed E-state index contributed by atoms with van der Waals surface area (Å²) in [5, 5.41) is 21.1. The Morgan fingerprint density at radius 2 is 2.21 bits per heavy atom. The number of aliphatic hydroxyl groups is 1. The van der Waals surface area contributed by atoms with Gasteiger partial charge in [0.1, 0.15) is 0 Å². The molecular weight excluding hydrogens is 244 g/mol. The van der Waals surface area contributed by atoms with Crippen LogP contribution >= 0.6 is 0 Å². The summed E-state index contributed by atoms with van der Waals surface area (Å²) in [5.74, 6) is -0.954. The first kappa shape index (κ1) is 15.6. The summed E-state index contributed by atoms with van der Waals surface area (Å²) < 4.78 is 0. The van der Waals surface area contributed by atoms with Gasteiger partial charge in [-0.2, -0.15) is 0 Å². The van der Waals surface area contributed by atoms with E-state index in [9.17, 15) is 4.79 Å². The van der Waals surface area contributed by atoms with Crippen molar-refractivity contribution >= 4 is 5.97 Å². The third kappa shape index (κ3) is 5.36. The second-order valence-electron chi connectivity index (χ2n) is 5.40. The first-order valence-electron chi connectivity index (χ1n) is 6.45. The van der Waals surface area contributed by atoms with Crippen LogP contribution in [-0.4, -0.2) is 34.3 Å². The molecule has 106 valence electrons. The maximum absolute atomic E-state index is 11.0. The van der Waals surface area contributed by atoms with E-state index in [1.54, 1.807) is 18.3 Å². The van der Waals surface area contributed by atoms with Crippen LogP contribution in [-0.2, 0) is 6.54 Å². The Kier molecular flexibility index (Phi) is 5.92. The van der Waals surface area contributed by atoms with E-state index in [1.807, 2.05) is 0 Å². The van der Waals surface area contributed by atoms with Crippen molar-refractivity contribution in [2.75, 3.05) is 13.2 Å². The maximum atomic E-state index is 11.0. The summed E-state index contributed by atoms with van der Waals surface area (Å²) in [4.78, 5) is 15.1. The summed E-state index contributed by atoms with van der Waals surface area (Å²) in [6, 6.07) is 3.18. The van der Waals surface area contributed by atoms with E-state index in [-0.39, 0.29) is 17.6 Å². The lowest BCUT2D eigenvalue weighted by molar-refractivity contribution is 0.0695. The Morgan fingerprint density at radius 1 is 1.47 bits per heavy atom. The number of aromatic nitrogens is 1. The molecule has 0 bridgehead atoms. The SMILES string of the molecule is CC(C)(CCCO)CNCc1ncccc1C(=O)O. The third-order valence-corrected chi connectivity index (χ3v) is 3.03. The molecule has 3 N–H and O–H groups in total. The molecule has 0 saturated carbocycles. The van der Waals surface area contributed by atoms with Crippen LogP contribution in [0.1, 0.15) is 42.7 Å². The van der Waals surface area contributed by atoms with Gasteiger partial charge in [0.25, 0.3) is 0 Å². The van der Waals surface area contributed by atoms with Gasteiger partial charge in [-0.15, -0.1) is 0 Å². The Hall–Kier alpha value is -1.46. The highest BCUT2D eigenvalue weighted by Gasteiger charge is 2.17. The molecule has 0 radical (unpaired) electrons. The van der Waals surface area contributed by atoms with Gasteiger partial charge in [-0.05, 0) is 30.4 Å². The van der Waals surface area contributed by atoms with Crippen molar-refractivity contribution in [2.45, 2.75) is 33.2 Å². The van der Waals surface area contributed by atoms with Gasteiger partial charge < -0.3 is 15.5 Å². The van der Waals surface area contributed by atoms with Crippen molar-refractivity contribution in [3.63, 3.8) is 0 Å². The predicted octanol–water partition coefficient (Wildman–Crippen LogP) is 1.67. The fourth-order valence-electron chi connectivity index (χ4n) is 1.94. The summed E-state index contributed by atoms with van der Waals surface area (Å²) in [6.45, 7) is 5.62. The number of hydrogen-bond acceptors (Lipinski definition) is 4. The fourth-order valence-corrected chi connectivity index (χ4v) is 1.94. The van der Waals surface area contributed by atoms with Crippen LogP contribution in [0, 0.1) is 5.41 Å². The Bertz CT molecular complexity index is 419. The van der Waals surface area contributed by atoms with Crippen molar-refractivity contribution in [3.8, 4) is 0 Å². The van der Waals surface area contributed by atoms with Crippen LogP contribution in [0.15, 0.2) is 18.3 Å². The molecule has 0 aliphatic carbocycles. The maximum Gasteiger partial charge on any atom is 0.337 e. The highest BCUT2D eigenvalue weighted by atomic mass is 16.4. The predicted molar refractivity (Wildman–Crippen MR) is 73.0 cm³/mol.